The molecule has 0 aliphatic rings. The van der Waals surface area contributed by atoms with Gasteiger partial charge in [0.1, 0.15) is 6.54 Å². The van der Waals surface area contributed by atoms with E-state index in [0.717, 1.165) is 0 Å². The molecule has 2 N–H and O–H groups in total. The molecule has 0 fully saturated rings. The van der Waals surface area contributed by atoms with Gasteiger partial charge in [-0.15, -0.1) is 11.3 Å². The van der Waals surface area contributed by atoms with E-state index in [4.69, 9.17) is 5.26 Å². The summed E-state index contributed by atoms with van der Waals surface area (Å²) in [7, 11) is 0. The van der Waals surface area contributed by atoms with Gasteiger partial charge in [-0.05, 0) is 11.4 Å². The number of nitrogens with zero attached hydrogens (tertiary/aromatic N) is 3. The van der Waals surface area contributed by atoms with E-state index in [-0.39, 0.29) is 24.9 Å². The maximum absolute atomic E-state index is 11.6. The summed E-state index contributed by atoms with van der Waals surface area (Å²) in [6, 6.07) is 6.97. The van der Waals surface area contributed by atoms with Crippen molar-refractivity contribution in [2.75, 3.05) is 11.9 Å². The molecule has 0 aromatic carbocycles. The van der Waals surface area contributed by atoms with E-state index >= 15 is 0 Å². The topological polar surface area (TPSA) is 99.8 Å². The van der Waals surface area contributed by atoms with Crippen molar-refractivity contribution in [3.63, 3.8) is 0 Å². The quantitative estimate of drug-likeness (QED) is 0.851. The van der Waals surface area contributed by atoms with E-state index < -0.39 is 0 Å². The van der Waals surface area contributed by atoms with Crippen LogP contribution in [0.2, 0.25) is 0 Å². The van der Waals surface area contributed by atoms with Gasteiger partial charge in [0, 0.05) is 12.3 Å². The lowest BCUT2D eigenvalue weighted by atomic mass is 10.4. The number of nitriles is 1. The fourth-order valence-corrected chi connectivity index (χ4v) is 2.07. The number of carbonyl (C=O) groups is 2. The Kier molecular flexibility index (Phi) is 4.47. The number of aromatic nitrogens is 2. The minimum atomic E-state index is -0.378. The molecule has 7 nitrogen and oxygen atoms in total. The summed E-state index contributed by atoms with van der Waals surface area (Å²) in [5, 5.41) is 19.3. The highest BCUT2D eigenvalue weighted by atomic mass is 32.1. The summed E-state index contributed by atoms with van der Waals surface area (Å²) in [4.78, 5) is 23.8. The predicted molar refractivity (Wildman–Crippen MR) is 73.1 cm³/mol. The van der Waals surface area contributed by atoms with Crippen LogP contribution < -0.4 is 10.6 Å². The molecule has 2 aromatic heterocycles. The number of nitrogens with one attached hydrogen (secondary N) is 2. The molecule has 0 aliphatic carbocycles. The van der Waals surface area contributed by atoms with Gasteiger partial charge in [0.25, 0.3) is 5.91 Å². The Morgan fingerprint density at radius 2 is 2.30 bits per heavy atom. The van der Waals surface area contributed by atoms with Gasteiger partial charge >= 0.3 is 0 Å². The van der Waals surface area contributed by atoms with Crippen LogP contribution in [0.25, 0.3) is 0 Å². The van der Waals surface area contributed by atoms with E-state index in [9.17, 15) is 9.59 Å². The molecular formula is C12H11N5O2S. The van der Waals surface area contributed by atoms with Gasteiger partial charge in [-0.25, -0.2) is 0 Å². The Morgan fingerprint density at radius 3 is 3.00 bits per heavy atom. The predicted octanol–water partition coefficient (Wildman–Crippen LogP) is 0.837. The zero-order chi connectivity index (χ0) is 14.4. The molecule has 2 amide bonds. The number of carbonyl (C=O) groups excluding carboxylic acids is 2. The minimum Gasteiger partial charge on any atom is -0.342 e. The number of hydrogen-bond donors (Lipinski definition) is 2. The molecule has 8 heteroatoms. The third-order valence-electron chi connectivity index (χ3n) is 2.30. The second-order valence-corrected chi connectivity index (χ2v) is 4.71. The van der Waals surface area contributed by atoms with Crippen LogP contribution in [0.1, 0.15) is 9.67 Å². The lowest BCUT2D eigenvalue weighted by Crippen LogP contribution is -2.32. The third-order valence-corrected chi connectivity index (χ3v) is 3.16. The maximum Gasteiger partial charge on any atom is 0.261 e. The van der Waals surface area contributed by atoms with Gasteiger partial charge in [0.15, 0.2) is 5.82 Å². The summed E-state index contributed by atoms with van der Waals surface area (Å²) in [6.07, 6.45) is 1.59. The summed E-state index contributed by atoms with van der Waals surface area (Å²) in [5.41, 5.74) is 0. The Morgan fingerprint density at radius 1 is 1.45 bits per heavy atom. The molecule has 2 rings (SSSR count). The normalized spacial score (nSPS) is 9.75. The zero-order valence-electron chi connectivity index (χ0n) is 10.4. The van der Waals surface area contributed by atoms with Crippen LogP contribution in [-0.2, 0) is 11.3 Å². The highest BCUT2D eigenvalue weighted by Crippen LogP contribution is 2.07. The summed E-state index contributed by atoms with van der Waals surface area (Å²) in [5.74, 6) is -0.321. The van der Waals surface area contributed by atoms with Crippen molar-refractivity contribution in [1.82, 2.24) is 15.1 Å². The van der Waals surface area contributed by atoms with Crippen molar-refractivity contribution >= 4 is 29.0 Å². The lowest BCUT2D eigenvalue weighted by Gasteiger charge is -2.03. The van der Waals surface area contributed by atoms with Crippen LogP contribution in [0.5, 0.6) is 0 Å². The monoisotopic (exact) mass is 289 g/mol. The van der Waals surface area contributed by atoms with Crippen molar-refractivity contribution in [2.45, 2.75) is 6.54 Å². The van der Waals surface area contributed by atoms with Crippen LogP contribution in [0, 0.1) is 11.3 Å². The number of thiophene rings is 1. The molecule has 0 unspecified atom stereocenters. The first kappa shape index (κ1) is 13.8. The van der Waals surface area contributed by atoms with Crippen molar-refractivity contribution < 1.29 is 9.59 Å². The average Bonchev–Trinajstić information content (AvgIpc) is 3.08. The van der Waals surface area contributed by atoms with Crippen LogP contribution >= 0.6 is 11.3 Å². The van der Waals surface area contributed by atoms with Gasteiger partial charge in [0.2, 0.25) is 5.91 Å². The molecule has 0 saturated heterocycles. The summed E-state index contributed by atoms with van der Waals surface area (Å²) in [6.45, 7) is -0.0210. The number of anilines is 1. The molecule has 0 radical (unpaired) electrons. The summed E-state index contributed by atoms with van der Waals surface area (Å²) < 4.78 is 1.40. The van der Waals surface area contributed by atoms with Crippen LogP contribution in [0.15, 0.2) is 29.8 Å². The molecule has 0 bridgehead atoms. The first-order valence-corrected chi connectivity index (χ1v) is 6.59. The van der Waals surface area contributed by atoms with Crippen molar-refractivity contribution in [3.8, 4) is 6.07 Å². The lowest BCUT2D eigenvalue weighted by molar-refractivity contribution is -0.115. The van der Waals surface area contributed by atoms with Gasteiger partial charge in [-0.1, -0.05) is 6.07 Å². The molecular weight excluding hydrogens is 278 g/mol. The molecule has 0 saturated carbocycles. The fourth-order valence-electron chi connectivity index (χ4n) is 1.43. The Balaban J connectivity index is 1.80. The Hall–Kier alpha value is -2.66. The standard InChI is InChI=1S/C12H11N5O2S/c13-4-6-17-5-3-10(16-17)15-11(18)8-14-12(19)9-2-1-7-20-9/h1-3,5,7H,6,8H2,(H,14,19)(H,15,16,18). The second kappa shape index (κ2) is 6.49. The van der Waals surface area contributed by atoms with Crippen LogP contribution in [-0.4, -0.2) is 28.1 Å². The van der Waals surface area contributed by atoms with E-state index in [1.807, 2.05) is 6.07 Å². The van der Waals surface area contributed by atoms with Crippen molar-refractivity contribution in [3.05, 3.63) is 34.7 Å². The van der Waals surface area contributed by atoms with Gasteiger partial charge < -0.3 is 10.6 Å². The fraction of sp³-hybridized carbons (Fsp3) is 0.167. The van der Waals surface area contributed by atoms with Gasteiger partial charge in [0.05, 0.1) is 17.5 Å². The highest BCUT2D eigenvalue weighted by Gasteiger charge is 2.09. The first-order valence-electron chi connectivity index (χ1n) is 5.71. The molecule has 2 heterocycles. The Labute approximate surface area is 118 Å². The van der Waals surface area contributed by atoms with Crippen LogP contribution in [0.4, 0.5) is 5.82 Å². The minimum absolute atomic E-state index is 0.116. The maximum atomic E-state index is 11.6. The summed E-state index contributed by atoms with van der Waals surface area (Å²) >= 11 is 1.31. The number of rotatable bonds is 5. The molecule has 0 aliphatic heterocycles. The van der Waals surface area contributed by atoms with Crippen molar-refractivity contribution in [1.29, 1.82) is 5.26 Å². The molecule has 20 heavy (non-hydrogen) atoms. The third kappa shape index (κ3) is 3.66. The molecule has 0 atom stereocenters. The largest absolute Gasteiger partial charge is 0.342 e. The highest BCUT2D eigenvalue weighted by molar-refractivity contribution is 7.12. The second-order valence-electron chi connectivity index (χ2n) is 3.76. The Bertz CT molecular complexity index is 641. The first-order chi connectivity index (χ1) is 9.69. The smallest absolute Gasteiger partial charge is 0.261 e. The van der Waals surface area contributed by atoms with Gasteiger partial charge in [-0.3, -0.25) is 14.3 Å². The van der Waals surface area contributed by atoms with E-state index in [2.05, 4.69) is 15.7 Å². The number of amides is 2. The van der Waals surface area contributed by atoms with E-state index in [1.54, 1.807) is 29.8 Å². The average molecular weight is 289 g/mol. The van der Waals surface area contributed by atoms with E-state index in [0.29, 0.717) is 10.7 Å². The number of hydrogen-bond acceptors (Lipinski definition) is 5. The molecule has 0 spiro atoms. The molecule has 102 valence electrons. The molecule has 2 aromatic rings. The van der Waals surface area contributed by atoms with E-state index in [1.165, 1.54) is 16.0 Å². The van der Waals surface area contributed by atoms with Crippen molar-refractivity contribution in [2.24, 2.45) is 0 Å². The SMILES string of the molecule is N#CCn1ccc(NC(=O)CNC(=O)c2cccs2)n1. The van der Waals surface area contributed by atoms with Crippen LogP contribution in [0.3, 0.4) is 0 Å². The zero-order valence-corrected chi connectivity index (χ0v) is 11.2. The van der Waals surface area contributed by atoms with Gasteiger partial charge in [-0.2, -0.15) is 10.4 Å².